The first-order valence-electron chi connectivity index (χ1n) is 6.58. The maximum absolute atomic E-state index is 13.7. The molecule has 0 amide bonds. The van der Waals surface area contributed by atoms with Gasteiger partial charge in [0.25, 0.3) is 10.0 Å². The van der Waals surface area contributed by atoms with E-state index in [1.54, 1.807) is 6.92 Å². The van der Waals surface area contributed by atoms with Gasteiger partial charge in [-0.1, -0.05) is 11.6 Å². The molecular formula is C15H13ClFNO4S. The van der Waals surface area contributed by atoms with E-state index in [0.717, 1.165) is 6.07 Å². The molecule has 122 valence electrons. The molecule has 1 N–H and O–H groups in total. The molecule has 0 spiro atoms. The molecule has 0 aliphatic carbocycles. The summed E-state index contributed by atoms with van der Waals surface area (Å²) in [7, 11) is -3.99. The minimum absolute atomic E-state index is 0.111. The van der Waals surface area contributed by atoms with Crippen molar-refractivity contribution >= 4 is 33.3 Å². The summed E-state index contributed by atoms with van der Waals surface area (Å²) < 4.78 is 45.1. The van der Waals surface area contributed by atoms with Crippen LogP contribution in [0.4, 0.5) is 10.1 Å². The molecule has 5 nitrogen and oxygen atoms in total. The van der Waals surface area contributed by atoms with Crippen molar-refractivity contribution in [3.63, 3.8) is 0 Å². The Bertz CT molecular complexity index is 822. The van der Waals surface area contributed by atoms with Crippen LogP contribution in [0.15, 0.2) is 47.4 Å². The molecule has 2 rings (SSSR count). The lowest BCUT2D eigenvalue weighted by atomic mass is 10.2. The Balaban J connectivity index is 2.24. The lowest BCUT2D eigenvalue weighted by Gasteiger charge is -2.09. The Morgan fingerprint density at radius 1 is 1.22 bits per heavy atom. The monoisotopic (exact) mass is 357 g/mol. The fraction of sp³-hybridized carbons (Fsp3) is 0.133. The van der Waals surface area contributed by atoms with Gasteiger partial charge in [0.1, 0.15) is 5.82 Å². The number of halogens is 2. The second-order valence-corrected chi connectivity index (χ2v) is 6.59. The quantitative estimate of drug-likeness (QED) is 0.832. The average Bonchev–Trinajstić information content (AvgIpc) is 2.50. The summed E-state index contributed by atoms with van der Waals surface area (Å²) in [5.41, 5.74) is 0.00680. The Hall–Kier alpha value is -2.12. The van der Waals surface area contributed by atoms with Crippen LogP contribution < -0.4 is 4.72 Å². The van der Waals surface area contributed by atoms with E-state index in [9.17, 15) is 17.6 Å². The Morgan fingerprint density at radius 2 is 1.87 bits per heavy atom. The summed E-state index contributed by atoms with van der Waals surface area (Å²) in [6.07, 6.45) is 0. The first-order chi connectivity index (χ1) is 10.8. The van der Waals surface area contributed by atoms with Crippen molar-refractivity contribution in [1.29, 1.82) is 0 Å². The predicted molar refractivity (Wildman–Crippen MR) is 84.6 cm³/mol. The van der Waals surface area contributed by atoms with Crippen LogP contribution in [-0.4, -0.2) is 21.0 Å². The topological polar surface area (TPSA) is 72.5 Å². The molecule has 0 atom stereocenters. The first-order valence-corrected chi connectivity index (χ1v) is 8.44. The van der Waals surface area contributed by atoms with Crippen molar-refractivity contribution in [2.75, 3.05) is 11.3 Å². The third kappa shape index (κ3) is 4.20. The lowest BCUT2D eigenvalue weighted by molar-refractivity contribution is 0.0526. The van der Waals surface area contributed by atoms with E-state index in [1.807, 2.05) is 0 Å². The fourth-order valence-corrected chi connectivity index (χ4v) is 2.99. The summed E-state index contributed by atoms with van der Waals surface area (Å²) in [5.74, 6) is -1.34. The number of carbonyl (C=O) groups excluding carboxylic acids is 1. The molecule has 23 heavy (non-hydrogen) atoms. The molecule has 0 saturated heterocycles. The molecule has 0 fully saturated rings. The van der Waals surface area contributed by atoms with Crippen LogP contribution in [0.1, 0.15) is 17.3 Å². The zero-order chi connectivity index (χ0) is 17.0. The number of anilines is 1. The highest BCUT2D eigenvalue weighted by molar-refractivity contribution is 7.92. The smallest absolute Gasteiger partial charge is 0.338 e. The van der Waals surface area contributed by atoms with Gasteiger partial charge in [-0.2, -0.15) is 0 Å². The van der Waals surface area contributed by atoms with E-state index in [-0.39, 0.29) is 27.8 Å². The number of nitrogens with one attached hydrogen (secondary N) is 1. The van der Waals surface area contributed by atoms with Gasteiger partial charge in [-0.05, 0) is 49.4 Å². The Morgan fingerprint density at radius 3 is 2.43 bits per heavy atom. The molecular weight excluding hydrogens is 345 g/mol. The summed E-state index contributed by atoms with van der Waals surface area (Å²) >= 11 is 5.62. The van der Waals surface area contributed by atoms with E-state index in [2.05, 4.69) is 4.72 Å². The molecule has 0 radical (unpaired) electrons. The second kappa shape index (κ2) is 6.97. The van der Waals surface area contributed by atoms with Gasteiger partial charge in [-0.25, -0.2) is 17.6 Å². The number of hydrogen-bond acceptors (Lipinski definition) is 4. The summed E-state index contributed by atoms with van der Waals surface area (Å²) in [5, 5.41) is 0.157. The molecule has 0 aromatic heterocycles. The lowest BCUT2D eigenvalue weighted by Crippen LogP contribution is -2.14. The van der Waals surface area contributed by atoms with Crippen LogP contribution in [0.5, 0.6) is 0 Å². The minimum Gasteiger partial charge on any atom is -0.462 e. The van der Waals surface area contributed by atoms with Crippen LogP contribution >= 0.6 is 11.6 Å². The Kier molecular flexibility index (Phi) is 5.23. The number of ether oxygens (including phenoxy) is 1. The van der Waals surface area contributed by atoms with Crippen molar-refractivity contribution in [3.8, 4) is 0 Å². The molecule has 0 heterocycles. The third-order valence-corrected chi connectivity index (χ3v) is 4.47. The number of benzene rings is 2. The highest BCUT2D eigenvalue weighted by atomic mass is 35.5. The normalized spacial score (nSPS) is 11.1. The van der Waals surface area contributed by atoms with Crippen molar-refractivity contribution in [2.45, 2.75) is 11.8 Å². The van der Waals surface area contributed by atoms with Crippen molar-refractivity contribution < 1.29 is 22.3 Å². The van der Waals surface area contributed by atoms with E-state index >= 15 is 0 Å². The van der Waals surface area contributed by atoms with Gasteiger partial charge in [0.05, 0.1) is 22.8 Å². The molecule has 0 aliphatic rings. The molecule has 8 heteroatoms. The minimum atomic E-state index is -3.99. The SMILES string of the molecule is CCOC(=O)c1ccc(S(=O)(=O)Nc2ccc(Cl)cc2F)cc1. The van der Waals surface area contributed by atoms with Crippen LogP contribution in [0, 0.1) is 5.82 Å². The Labute approximate surface area is 138 Å². The first kappa shape index (κ1) is 17.2. The standard InChI is InChI=1S/C15H13ClFNO4S/c1-2-22-15(19)10-3-6-12(7-4-10)23(20,21)18-14-8-5-11(16)9-13(14)17/h3-9,18H,2H2,1H3. The molecule has 0 saturated carbocycles. The van der Waals surface area contributed by atoms with Crippen molar-refractivity contribution in [1.82, 2.24) is 0 Å². The van der Waals surface area contributed by atoms with Gasteiger partial charge in [0, 0.05) is 5.02 Å². The summed E-state index contributed by atoms with van der Waals surface area (Å²) in [4.78, 5) is 11.4. The number of esters is 1. The highest BCUT2D eigenvalue weighted by Crippen LogP contribution is 2.22. The van der Waals surface area contributed by atoms with Gasteiger partial charge < -0.3 is 4.74 Å². The fourth-order valence-electron chi connectivity index (χ4n) is 1.76. The molecule has 0 unspecified atom stereocenters. The number of sulfonamides is 1. The van der Waals surface area contributed by atoms with Crippen LogP contribution in [-0.2, 0) is 14.8 Å². The second-order valence-electron chi connectivity index (χ2n) is 4.47. The number of rotatable bonds is 5. The number of carbonyl (C=O) groups is 1. The largest absolute Gasteiger partial charge is 0.462 e. The van der Waals surface area contributed by atoms with Crippen molar-refractivity contribution in [3.05, 3.63) is 58.9 Å². The van der Waals surface area contributed by atoms with E-state index in [0.29, 0.717) is 0 Å². The summed E-state index contributed by atoms with van der Waals surface area (Å²) in [6.45, 7) is 1.89. The maximum atomic E-state index is 13.7. The number of hydrogen-bond donors (Lipinski definition) is 1. The van der Waals surface area contributed by atoms with E-state index in [1.165, 1.54) is 36.4 Å². The molecule has 0 bridgehead atoms. The van der Waals surface area contributed by atoms with Gasteiger partial charge in [0.15, 0.2) is 0 Å². The van der Waals surface area contributed by atoms with Crippen LogP contribution in [0.3, 0.4) is 0 Å². The zero-order valence-electron chi connectivity index (χ0n) is 12.0. The van der Waals surface area contributed by atoms with E-state index < -0.39 is 21.8 Å². The van der Waals surface area contributed by atoms with Crippen LogP contribution in [0.2, 0.25) is 5.02 Å². The molecule has 2 aromatic rings. The van der Waals surface area contributed by atoms with Crippen molar-refractivity contribution in [2.24, 2.45) is 0 Å². The van der Waals surface area contributed by atoms with Gasteiger partial charge in [-0.3, -0.25) is 4.72 Å². The summed E-state index contributed by atoms with van der Waals surface area (Å²) in [6, 6.07) is 8.72. The van der Waals surface area contributed by atoms with Gasteiger partial charge in [0.2, 0.25) is 0 Å². The molecule has 0 aliphatic heterocycles. The molecule has 2 aromatic carbocycles. The van der Waals surface area contributed by atoms with Gasteiger partial charge >= 0.3 is 5.97 Å². The predicted octanol–water partition coefficient (Wildman–Crippen LogP) is 3.46. The zero-order valence-corrected chi connectivity index (χ0v) is 13.6. The highest BCUT2D eigenvalue weighted by Gasteiger charge is 2.17. The van der Waals surface area contributed by atoms with Gasteiger partial charge in [-0.15, -0.1) is 0 Å². The average molecular weight is 358 g/mol. The maximum Gasteiger partial charge on any atom is 0.338 e. The third-order valence-electron chi connectivity index (χ3n) is 2.85. The van der Waals surface area contributed by atoms with Crippen LogP contribution in [0.25, 0.3) is 0 Å². The van der Waals surface area contributed by atoms with E-state index in [4.69, 9.17) is 16.3 Å².